The second kappa shape index (κ2) is 10.8. The third-order valence-electron chi connectivity index (χ3n) is 5.07. The molecule has 1 aliphatic heterocycles. The Balaban J connectivity index is 1.43. The van der Waals surface area contributed by atoms with Crippen molar-refractivity contribution in [3.63, 3.8) is 0 Å². The number of carbonyl (C=O) groups is 1. The van der Waals surface area contributed by atoms with E-state index in [1.165, 1.54) is 0 Å². The molecule has 0 aliphatic carbocycles. The Labute approximate surface area is 187 Å². The summed E-state index contributed by atoms with van der Waals surface area (Å²) in [5.74, 6) is 2.03. The molecule has 1 fully saturated rings. The predicted octanol–water partition coefficient (Wildman–Crippen LogP) is 4.12. The van der Waals surface area contributed by atoms with Gasteiger partial charge in [-0.15, -0.1) is 0 Å². The van der Waals surface area contributed by atoms with Gasteiger partial charge in [-0.2, -0.15) is 0 Å². The van der Waals surface area contributed by atoms with Crippen molar-refractivity contribution in [2.45, 2.75) is 13.0 Å². The van der Waals surface area contributed by atoms with Crippen LogP contribution in [0.15, 0.2) is 36.4 Å². The van der Waals surface area contributed by atoms with E-state index in [-0.39, 0.29) is 12.5 Å². The summed E-state index contributed by atoms with van der Waals surface area (Å²) < 4.78 is 16.3. The summed E-state index contributed by atoms with van der Waals surface area (Å²) in [5.41, 5.74) is 1.15. The molecule has 162 valence electrons. The second-order valence-corrected chi connectivity index (χ2v) is 7.78. The highest BCUT2D eigenvalue weighted by molar-refractivity contribution is 6.42. The number of hydrogen-bond acceptors (Lipinski definition) is 5. The first kappa shape index (κ1) is 22.5. The minimum atomic E-state index is 0.0823. The molecule has 8 heteroatoms. The van der Waals surface area contributed by atoms with Gasteiger partial charge >= 0.3 is 0 Å². The van der Waals surface area contributed by atoms with E-state index >= 15 is 0 Å². The highest BCUT2D eigenvalue weighted by Gasteiger charge is 2.21. The Morgan fingerprint density at radius 1 is 0.967 bits per heavy atom. The SMILES string of the molecule is COc1ccc(CN2CCN(C(=O)CCOc3cccc(Cl)c3Cl)CC2)cc1OC. The number of benzene rings is 2. The normalized spacial score (nSPS) is 14.5. The van der Waals surface area contributed by atoms with Crippen LogP contribution in [0.25, 0.3) is 0 Å². The molecule has 0 unspecified atom stereocenters. The van der Waals surface area contributed by atoms with Crippen LogP contribution in [0.4, 0.5) is 0 Å². The van der Waals surface area contributed by atoms with Gasteiger partial charge in [-0.3, -0.25) is 9.69 Å². The molecule has 1 amide bonds. The monoisotopic (exact) mass is 452 g/mol. The quantitative estimate of drug-likeness (QED) is 0.602. The van der Waals surface area contributed by atoms with Gasteiger partial charge in [0.1, 0.15) is 10.8 Å². The van der Waals surface area contributed by atoms with E-state index in [4.69, 9.17) is 37.4 Å². The number of hydrogen-bond donors (Lipinski definition) is 0. The van der Waals surface area contributed by atoms with E-state index in [1.807, 2.05) is 23.1 Å². The zero-order valence-corrected chi connectivity index (χ0v) is 18.7. The molecule has 0 bridgehead atoms. The fraction of sp³-hybridized carbons (Fsp3) is 0.409. The van der Waals surface area contributed by atoms with Gasteiger partial charge < -0.3 is 19.1 Å². The van der Waals surface area contributed by atoms with E-state index in [0.717, 1.165) is 36.7 Å². The van der Waals surface area contributed by atoms with Gasteiger partial charge in [0, 0.05) is 32.7 Å². The molecule has 6 nitrogen and oxygen atoms in total. The maximum atomic E-state index is 12.5. The Bertz CT molecular complexity index is 870. The van der Waals surface area contributed by atoms with Gasteiger partial charge in [0.2, 0.25) is 5.91 Å². The van der Waals surface area contributed by atoms with Crippen molar-refractivity contribution in [1.29, 1.82) is 0 Å². The van der Waals surface area contributed by atoms with Crippen molar-refractivity contribution >= 4 is 29.1 Å². The number of nitrogens with zero attached hydrogens (tertiary/aromatic N) is 2. The first-order valence-corrected chi connectivity index (χ1v) is 10.5. The van der Waals surface area contributed by atoms with Crippen LogP contribution in [0.5, 0.6) is 17.2 Å². The van der Waals surface area contributed by atoms with Gasteiger partial charge in [0.15, 0.2) is 11.5 Å². The Morgan fingerprint density at radius 2 is 1.70 bits per heavy atom. The zero-order valence-electron chi connectivity index (χ0n) is 17.2. The van der Waals surface area contributed by atoms with E-state index in [2.05, 4.69) is 4.90 Å². The lowest BCUT2D eigenvalue weighted by Crippen LogP contribution is -2.48. The summed E-state index contributed by atoms with van der Waals surface area (Å²) in [6.07, 6.45) is 0.304. The average Bonchev–Trinajstić information content (AvgIpc) is 2.77. The molecule has 1 heterocycles. The van der Waals surface area contributed by atoms with Crippen molar-refractivity contribution in [3.05, 3.63) is 52.0 Å². The van der Waals surface area contributed by atoms with Gasteiger partial charge in [0.05, 0.1) is 32.3 Å². The summed E-state index contributed by atoms with van der Waals surface area (Å²) in [5, 5.41) is 0.807. The highest BCUT2D eigenvalue weighted by Crippen LogP contribution is 2.31. The maximum absolute atomic E-state index is 12.5. The fourth-order valence-electron chi connectivity index (χ4n) is 3.39. The van der Waals surface area contributed by atoms with Gasteiger partial charge in [0.25, 0.3) is 0 Å². The van der Waals surface area contributed by atoms with Crippen LogP contribution in [-0.4, -0.2) is 62.7 Å². The standard InChI is InChI=1S/C22H26Cl2N2O4/c1-28-18-7-6-16(14-20(18)29-2)15-25-9-11-26(12-10-25)21(27)8-13-30-19-5-3-4-17(23)22(19)24/h3-7,14H,8-13,15H2,1-2H3. The summed E-state index contributed by atoms with van der Waals surface area (Å²) in [7, 11) is 3.26. The number of ether oxygens (including phenoxy) is 3. The highest BCUT2D eigenvalue weighted by atomic mass is 35.5. The van der Waals surface area contributed by atoms with Crippen LogP contribution >= 0.6 is 23.2 Å². The second-order valence-electron chi connectivity index (χ2n) is 7.00. The molecule has 0 atom stereocenters. The molecule has 0 N–H and O–H groups in total. The number of rotatable bonds is 8. The van der Waals surface area contributed by atoms with E-state index in [1.54, 1.807) is 32.4 Å². The lowest BCUT2D eigenvalue weighted by atomic mass is 10.1. The van der Waals surface area contributed by atoms with Gasteiger partial charge in [-0.05, 0) is 29.8 Å². The summed E-state index contributed by atoms with van der Waals surface area (Å²) >= 11 is 12.1. The zero-order chi connectivity index (χ0) is 21.5. The molecule has 2 aromatic carbocycles. The van der Waals surface area contributed by atoms with Crippen LogP contribution in [-0.2, 0) is 11.3 Å². The van der Waals surface area contributed by atoms with Crippen molar-refractivity contribution in [2.75, 3.05) is 47.0 Å². The minimum Gasteiger partial charge on any atom is -0.493 e. The molecule has 3 rings (SSSR count). The molecule has 2 aromatic rings. The first-order chi connectivity index (χ1) is 14.5. The smallest absolute Gasteiger partial charge is 0.226 e. The Hall–Kier alpha value is -2.15. The van der Waals surface area contributed by atoms with Crippen molar-refractivity contribution in [2.24, 2.45) is 0 Å². The number of amides is 1. The average molecular weight is 453 g/mol. The molecular weight excluding hydrogens is 427 g/mol. The molecule has 0 saturated carbocycles. The Kier molecular flexibility index (Phi) is 8.08. The third-order valence-corrected chi connectivity index (χ3v) is 5.87. The molecule has 1 saturated heterocycles. The summed E-state index contributed by atoms with van der Waals surface area (Å²) in [4.78, 5) is 16.7. The third kappa shape index (κ3) is 5.72. The van der Waals surface area contributed by atoms with Gasteiger partial charge in [-0.1, -0.05) is 35.3 Å². The number of halogens is 2. The van der Waals surface area contributed by atoms with Crippen LogP contribution in [0.2, 0.25) is 10.0 Å². The van der Waals surface area contributed by atoms with E-state index in [0.29, 0.717) is 35.3 Å². The van der Waals surface area contributed by atoms with E-state index < -0.39 is 0 Å². The number of piperazine rings is 1. The fourth-order valence-corrected chi connectivity index (χ4v) is 3.74. The summed E-state index contributed by atoms with van der Waals surface area (Å²) in [6.45, 7) is 4.11. The molecular formula is C22H26Cl2N2O4. The minimum absolute atomic E-state index is 0.0823. The lowest BCUT2D eigenvalue weighted by Gasteiger charge is -2.35. The van der Waals surface area contributed by atoms with Gasteiger partial charge in [-0.25, -0.2) is 0 Å². The van der Waals surface area contributed by atoms with Crippen molar-refractivity contribution < 1.29 is 19.0 Å². The van der Waals surface area contributed by atoms with Crippen LogP contribution in [0.3, 0.4) is 0 Å². The first-order valence-electron chi connectivity index (χ1n) is 9.79. The lowest BCUT2D eigenvalue weighted by molar-refractivity contribution is -0.133. The topological polar surface area (TPSA) is 51.2 Å². The van der Waals surface area contributed by atoms with E-state index in [9.17, 15) is 4.79 Å². The molecule has 1 aliphatic rings. The van der Waals surface area contributed by atoms with Crippen LogP contribution in [0.1, 0.15) is 12.0 Å². The number of methoxy groups -OCH3 is 2. The molecule has 0 aromatic heterocycles. The predicted molar refractivity (Wildman–Crippen MR) is 118 cm³/mol. The number of carbonyl (C=O) groups excluding carboxylic acids is 1. The van der Waals surface area contributed by atoms with Crippen LogP contribution in [0, 0.1) is 0 Å². The van der Waals surface area contributed by atoms with Crippen molar-refractivity contribution in [1.82, 2.24) is 9.80 Å². The molecule has 0 spiro atoms. The summed E-state index contributed by atoms with van der Waals surface area (Å²) in [6, 6.07) is 11.2. The van der Waals surface area contributed by atoms with Crippen molar-refractivity contribution in [3.8, 4) is 17.2 Å². The van der Waals surface area contributed by atoms with Crippen LogP contribution < -0.4 is 14.2 Å². The maximum Gasteiger partial charge on any atom is 0.226 e. The Morgan fingerprint density at radius 3 is 2.40 bits per heavy atom. The largest absolute Gasteiger partial charge is 0.493 e. The molecule has 0 radical (unpaired) electrons. The molecule has 30 heavy (non-hydrogen) atoms.